The molecule has 0 bridgehead atoms. The average Bonchev–Trinajstić information content (AvgIpc) is 2.64. The van der Waals surface area contributed by atoms with Crippen LogP contribution in [0.3, 0.4) is 0 Å². The summed E-state index contributed by atoms with van der Waals surface area (Å²) >= 11 is 1.85. The Morgan fingerprint density at radius 2 is 1.87 bits per heavy atom. The van der Waals surface area contributed by atoms with Gasteiger partial charge < -0.3 is 13.7 Å². The van der Waals surface area contributed by atoms with E-state index in [1.807, 2.05) is 27.2 Å². The van der Waals surface area contributed by atoms with Gasteiger partial charge in [0.05, 0.1) is 24.8 Å². The molecular weight excluding hydrogens is 528 g/mol. The molecule has 2 aromatic rings. The largest absolute Gasteiger partial charge is 0.462 e. The molecule has 0 spiro atoms. The number of benzene rings is 1. The van der Waals surface area contributed by atoms with Crippen molar-refractivity contribution in [3.63, 3.8) is 0 Å². The van der Waals surface area contributed by atoms with E-state index < -0.39 is 25.5 Å². The summed E-state index contributed by atoms with van der Waals surface area (Å²) in [4.78, 5) is 25.6. The monoisotopic (exact) mass is 561 g/mol. The Labute approximate surface area is 198 Å². The van der Waals surface area contributed by atoms with E-state index in [1.54, 1.807) is 6.92 Å². The summed E-state index contributed by atoms with van der Waals surface area (Å²) in [5.74, 6) is -0.957. The summed E-state index contributed by atoms with van der Waals surface area (Å²) in [5, 5.41) is 0.340. The summed E-state index contributed by atoms with van der Waals surface area (Å²) < 4.78 is 28.2. The molecule has 0 amide bonds. The van der Waals surface area contributed by atoms with Gasteiger partial charge in [0.25, 0.3) is 0 Å². The van der Waals surface area contributed by atoms with E-state index in [9.17, 15) is 14.0 Å². The van der Waals surface area contributed by atoms with Crippen molar-refractivity contribution in [3.05, 3.63) is 43.5 Å². The zero-order valence-corrected chi connectivity index (χ0v) is 22.8. The molecular formula is C23H33FINO4Si. The van der Waals surface area contributed by atoms with Gasteiger partial charge in [0, 0.05) is 15.2 Å². The number of rotatable bonds is 7. The maximum absolute atomic E-state index is 14.5. The predicted molar refractivity (Wildman–Crippen MR) is 134 cm³/mol. The number of carbonyl (C=O) groups is 1. The predicted octanol–water partition coefficient (Wildman–Crippen LogP) is 6.14. The van der Waals surface area contributed by atoms with E-state index in [0.29, 0.717) is 21.1 Å². The van der Waals surface area contributed by atoms with Gasteiger partial charge in [0.2, 0.25) is 5.43 Å². The SMILES string of the molecule is CCOC(=O)c1cn(C(CO[Si](C)(C)C(C)(C)C)C(C)C)c2cc(F)c(I)cc2c1=O. The van der Waals surface area contributed by atoms with Crippen molar-refractivity contribution in [1.82, 2.24) is 4.57 Å². The Morgan fingerprint density at radius 3 is 2.39 bits per heavy atom. The van der Waals surface area contributed by atoms with Crippen LogP contribution < -0.4 is 5.43 Å². The highest BCUT2D eigenvalue weighted by Crippen LogP contribution is 2.38. The molecule has 0 saturated heterocycles. The first-order valence-corrected chi connectivity index (χ1v) is 14.5. The van der Waals surface area contributed by atoms with E-state index >= 15 is 0 Å². The van der Waals surface area contributed by atoms with Crippen molar-refractivity contribution in [3.8, 4) is 0 Å². The number of halogens is 2. The van der Waals surface area contributed by atoms with E-state index in [1.165, 1.54) is 18.3 Å². The van der Waals surface area contributed by atoms with Gasteiger partial charge in [-0.15, -0.1) is 0 Å². The second-order valence-electron chi connectivity index (χ2n) is 9.67. The van der Waals surface area contributed by atoms with Crippen molar-refractivity contribution >= 4 is 47.8 Å². The minimum absolute atomic E-state index is 0.0401. The van der Waals surface area contributed by atoms with E-state index in [2.05, 4.69) is 47.7 Å². The van der Waals surface area contributed by atoms with Gasteiger partial charge in [-0.25, -0.2) is 9.18 Å². The molecule has 1 aromatic carbocycles. The summed E-state index contributed by atoms with van der Waals surface area (Å²) in [6, 6.07) is 2.68. The topological polar surface area (TPSA) is 57.5 Å². The molecule has 5 nitrogen and oxygen atoms in total. The lowest BCUT2D eigenvalue weighted by atomic mass is 10.0. The number of ether oxygens (including phenoxy) is 1. The zero-order valence-electron chi connectivity index (χ0n) is 19.6. The number of aromatic nitrogens is 1. The molecule has 1 unspecified atom stereocenters. The van der Waals surface area contributed by atoms with Crippen molar-refractivity contribution < 1.29 is 18.3 Å². The fourth-order valence-electron chi connectivity index (χ4n) is 3.08. The molecule has 0 aliphatic heterocycles. The number of hydrogen-bond donors (Lipinski definition) is 0. The first-order valence-electron chi connectivity index (χ1n) is 10.6. The highest BCUT2D eigenvalue weighted by Gasteiger charge is 2.38. The quantitative estimate of drug-likeness (QED) is 0.232. The lowest BCUT2D eigenvalue weighted by Crippen LogP contribution is -2.42. The molecule has 0 fully saturated rings. The maximum Gasteiger partial charge on any atom is 0.343 e. The fourth-order valence-corrected chi connectivity index (χ4v) is 4.56. The molecule has 0 aliphatic rings. The second kappa shape index (κ2) is 9.70. The first-order chi connectivity index (χ1) is 14.2. The third-order valence-electron chi connectivity index (χ3n) is 6.12. The molecule has 172 valence electrons. The first kappa shape index (κ1) is 26.0. The van der Waals surface area contributed by atoms with Crippen LogP contribution in [-0.4, -0.2) is 32.1 Å². The molecule has 8 heteroatoms. The Balaban J connectivity index is 2.71. The lowest BCUT2D eigenvalue weighted by molar-refractivity contribution is 0.0523. The molecule has 31 heavy (non-hydrogen) atoms. The lowest BCUT2D eigenvalue weighted by Gasteiger charge is -2.38. The van der Waals surface area contributed by atoms with Gasteiger partial charge in [-0.1, -0.05) is 34.6 Å². The van der Waals surface area contributed by atoms with Crippen LogP contribution >= 0.6 is 22.6 Å². The Morgan fingerprint density at radius 1 is 1.26 bits per heavy atom. The van der Waals surface area contributed by atoms with Gasteiger partial charge in [0.15, 0.2) is 8.32 Å². The van der Waals surface area contributed by atoms with Crippen LogP contribution in [0, 0.1) is 15.3 Å². The molecule has 0 N–H and O–H groups in total. The van der Waals surface area contributed by atoms with Crippen LogP contribution in [0.2, 0.25) is 18.1 Å². The van der Waals surface area contributed by atoms with Crippen LogP contribution in [0.4, 0.5) is 4.39 Å². The summed E-state index contributed by atoms with van der Waals surface area (Å²) in [6.45, 7) is 17.3. The Hall–Kier alpha value is -1.26. The molecule has 0 radical (unpaired) electrons. The number of esters is 1. The van der Waals surface area contributed by atoms with E-state index in [0.717, 1.165) is 0 Å². The smallest absolute Gasteiger partial charge is 0.343 e. The molecule has 1 aromatic heterocycles. The van der Waals surface area contributed by atoms with Crippen molar-refractivity contribution in [1.29, 1.82) is 0 Å². The number of nitrogens with zero attached hydrogens (tertiary/aromatic N) is 1. The Kier molecular flexibility index (Phi) is 8.13. The molecule has 0 saturated carbocycles. The van der Waals surface area contributed by atoms with Gasteiger partial charge in [-0.05, 0) is 65.7 Å². The standard InChI is InChI=1S/C23H33FINO4Si/c1-9-29-22(28)16-12-26(19-11-17(24)18(25)10-15(19)21(16)27)20(14(2)3)13-30-31(7,8)23(4,5)6/h10-12,14,20H,9,13H2,1-8H3. The maximum atomic E-state index is 14.5. The number of carbonyl (C=O) groups excluding carboxylic acids is 1. The minimum atomic E-state index is -2.03. The van der Waals surface area contributed by atoms with Gasteiger partial charge in [-0.2, -0.15) is 0 Å². The zero-order chi connectivity index (χ0) is 23.7. The highest BCUT2D eigenvalue weighted by molar-refractivity contribution is 14.1. The van der Waals surface area contributed by atoms with E-state index in [4.69, 9.17) is 9.16 Å². The Bertz CT molecular complexity index is 1030. The molecule has 0 aliphatic carbocycles. The molecule has 1 atom stereocenters. The summed E-state index contributed by atoms with van der Waals surface area (Å²) in [7, 11) is -2.03. The normalized spacial score (nSPS) is 13.6. The number of fused-ring (bicyclic) bond motifs is 1. The molecule has 2 rings (SSSR count). The number of pyridine rings is 1. The van der Waals surface area contributed by atoms with Crippen molar-refractivity contribution in [2.45, 2.75) is 65.7 Å². The van der Waals surface area contributed by atoms with Crippen molar-refractivity contribution in [2.75, 3.05) is 13.2 Å². The van der Waals surface area contributed by atoms with Gasteiger partial charge in [-0.3, -0.25) is 4.79 Å². The summed E-state index contributed by atoms with van der Waals surface area (Å²) in [6.07, 6.45) is 1.51. The fraction of sp³-hybridized carbons (Fsp3) is 0.565. The van der Waals surface area contributed by atoms with Gasteiger partial charge in [0.1, 0.15) is 11.4 Å². The van der Waals surface area contributed by atoms with Crippen LogP contribution in [0.25, 0.3) is 10.9 Å². The van der Waals surface area contributed by atoms with Crippen LogP contribution in [-0.2, 0) is 9.16 Å². The number of hydrogen-bond acceptors (Lipinski definition) is 4. The highest BCUT2D eigenvalue weighted by atomic mass is 127. The second-order valence-corrected chi connectivity index (χ2v) is 15.6. The van der Waals surface area contributed by atoms with Crippen LogP contribution in [0.5, 0.6) is 0 Å². The van der Waals surface area contributed by atoms with E-state index in [-0.39, 0.29) is 29.2 Å². The van der Waals surface area contributed by atoms with Crippen molar-refractivity contribution in [2.24, 2.45) is 5.92 Å². The third kappa shape index (κ3) is 5.57. The van der Waals surface area contributed by atoms with Gasteiger partial charge >= 0.3 is 5.97 Å². The summed E-state index contributed by atoms with van der Waals surface area (Å²) in [5.41, 5.74) is -0.0429. The minimum Gasteiger partial charge on any atom is -0.462 e. The average molecular weight is 562 g/mol. The van der Waals surface area contributed by atoms with Crippen LogP contribution in [0.1, 0.15) is 57.9 Å². The van der Waals surface area contributed by atoms with Crippen LogP contribution in [0.15, 0.2) is 23.1 Å². The third-order valence-corrected chi connectivity index (χ3v) is 11.4. The molecule has 1 heterocycles.